The topological polar surface area (TPSA) is 45.3 Å². The Morgan fingerprint density at radius 3 is 2.05 bits per heavy atom. The second-order valence-electron chi connectivity index (χ2n) is 6.97. The summed E-state index contributed by atoms with van der Waals surface area (Å²) in [5, 5.41) is 0. The van der Waals surface area contributed by atoms with Gasteiger partial charge in [-0.1, -0.05) is 33.6 Å². The molecule has 1 saturated carbocycles. The monoisotopic (exact) mass is 301 g/mol. The third-order valence-electron chi connectivity index (χ3n) is 3.81. The molecule has 0 aromatic rings. The van der Waals surface area contributed by atoms with Gasteiger partial charge in [0.2, 0.25) is 0 Å². The first-order chi connectivity index (χ1) is 9.32. The summed E-state index contributed by atoms with van der Waals surface area (Å²) in [6, 6.07) is 0.566. The highest BCUT2D eigenvalue weighted by atomic mass is 28.4. The first-order valence-electron chi connectivity index (χ1n) is 8.30. The van der Waals surface area contributed by atoms with Gasteiger partial charge in [0.1, 0.15) is 0 Å². The van der Waals surface area contributed by atoms with E-state index in [1.165, 1.54) is 25.7 Å². The van der Waals surface area contributed by atoms with Crippen LogP contribution in [0.1, 0.15) is 67.2 Å². The maximum absolute atomic E-state index is 6.46. The number of rotatable bonds is 7. The van der Waals surface area contributed by atoms with Crippen molar-refractivity contribution in [1.29, 1.82) is 0 Å². The molecule has 0 aromatic heterocycles. The summed E-state index contributed by atoms with van der Waals surface area (Å²) in [4.78, 5) is 11.1. The number of hydrogen-bond donors (Lipinski definition) is 3. The van der Waals surface area contributed by atoms with Gasteiger partial charge in [-0.2, -0.15) is 0 Å². The Hall–Kier alpha value is 0.0569. The summed E-state index contributed by atoms with van der Waals surface area (Å²) < 4.78 is 6.46. The second kappa shape index (κ2) is 7.89. The largest absolute Gasteiger partial charge is 0.440 e. The summed E-state index contributed by atoms with van der Waals surface area (Å²) in [6.45, 7) is 14.9. The van der Waals surface area contributed by atoms with Crippen molar-refractivity contribution >= 4 is 8.80 Å². The van der Waals surface area contributed by atoms with E-state index in [9.17, 15) is 0 Å². The molecule has 0 radical (unpaired) electrons. The Bertz CT molecular complexity index is 275. The molecule has 0 amide bonds. The fraction of sp³-hybridized carbons (Fsp3) is 1.00. The molecule has 0 saturated heterocycles. The number of hydrogen-bond acceptors (Lipinski definition) is 4. The van der Waals surface area contributed by atoms with Gasteiger partial charge < -0.3 is 4.43 Å². The van der Waals surface area contributed by atoms with E-state index in [4.69, 9.17) is 4.43 Å². The van der Waals surface area contributed by atoms with Crippen LogP contribution in [-0.2, 0) is 4.43 Å². The summed E-state index contributed by atoms with van der Waals surface area (Å²) >= 11 is 0. The molecular formula is C15H35N3OSi. The van der Waals surface area contributed by atoms with Crippen molar-refractivity contribution < 1.29 is 4.43 Å². The predicted octanol–water partition coefficient (Wildman–Crippen LogP) is 2.62. The van der Waals surface area contributed by atoms with Crippen LogP contribution in [0.4, 0.5) is 0 Å². The van der Waals surface area contributed by atoms with E-state index in [0.29, 0.717) is 6.04 Å². The van der Waals surface area contributed by atoms with Crippen molar-refractivity contribution in [3.8, 4) is 0 Å². The molecule has 3 N–H and O–H groups in total. The van der Waals surface area contributed by atoms with Crippen molar-refractivity contribution in [2.24, 2.45) is 5.92 Å². The molecule has 0 bridgehead atoms. The van der Waals surface area contributed by atoms with Crippen LogP contribution in [0, 0.1) is 5.92 Å². The zero-order valence-electron chi connectivity index (χ0n) is 14.3. The lowest BCUT2D eigenvalue weighted by Crippen LogP contribution is -2.78. The van der Waals surface area contributed by atoms with Crippen LogP contribution in [0.25, 0.3) is 0 Å². The van der Waals surface area contributed by atoms with Gasteiger partial charge in [0.05, 0.1) is 5.60 Å². The smallest absolute Gasteiger partial charge is 0.375 e. The third kappa shape index (κ3) is 5.82. The molecule has 0 aliphatic heterocycles. The summed E-state index contributed by atoms with van der Waals surface area (Å²) in [7, 11) is -2.31. The van der Waals surface area contributed by atoms with Crippen molar-refractivity contribution in [3.05, 3.63) is 0 Å². The van der Waals surface area contributed by atoms with Gasteiger partial charge in [-0.25, -0.2) is 0 Å². The van der Waals surface area contributed by atoms with Crippen molar-refractivity contribution in [2.75, 3.05) is 13.1 Å². The SMILES string of the molecule is CCN[Si](NCC)(NC1CCCCC1C)OC(C)(C)C. The minimum absolute atomic E-state index is 0.151. The van der Waals surface area contributed by atoms with E-state index in [1.54, 1.807) is 0 Å². The maximum atomic E-state index is 6.46. The quantitative estimate of drug-likeness (QED) is 0.633. The Kier molecular flexibility index (Phi) is 7.15. The van der Waals surface area contributed by atoms with E-state index in [1.807, 2.05) is 0 Å². The molecule has 120 valence electrons. The molecule has 0 aromatic carbocycles. The van der Waals surface area contributed by atoms with Gasteiger partial charge in [-0.05, 0) is 52.6 Å². The normalized spacial score (nSPS) is 24.9. The zero-order chi connectivity index (χ0) is 15.2. The molecule has 1 aliphatic carbocycles. The molecule has 20 heavy (non-hydrogen) atoms. The Balaban J connectivity index is 2.83. The van der Waals surface area contributed by atoms with Gasteiger partial charge in [-0.3, -0.25) is 14.9 Å². The van der Waals surface area contributed by atoms with E-state index in [2.05, 4.69) is 56.5 Å². The van der Waals surface area contributed by atoms with Crippen LogP contribution in [0.3, 0.4) is 0 Å². The highest BCUT2D eigenvalue weighted by Crippen LogP contribution is 2.25. The minimum Gasteiger partial charge on any atom is -0.375 e. The van der Waals surface area contributed by atoms with Crippen LogP contribution in [-0.4, -0.2) is 33.5 Å². The fourth-order valence-electron chi connectivity index (χ4n) is 3.02. The van der Waals surface area contributed by atoms with Crippen molar-refractivity contribution in [1.82, 2.24) is 14.9 Å². The van der Waals surface area contributed by atoms with Crippen LogP contribution in [0.5, 0.6) is 0 Å². The lowest BCUT2D eigenvalue weighted by atomic mass is 9.87. The second-order valence-corrected chi connectivity index (χ2v) is 9.53. The van der Waals surface area contributed by atoms with E-state index in [-0.39, 0.29) is 5.60 Å². The zero-order valence-corrected chi connectivity index (χ0v) is 15.3. The first-order valence-corrected chi connectivity index (χ1v) is 10.2. The molecule has 4 nitrogen and oxygen atoms in total. The maximum Gasteiger partial charge on any atom is 0.440 e. The van der Waals surface area contributed by atoms with Crippen LogP contribution >= 0.6 is 0 Å². The molecule has 5 heteroatoms. The van der Waals surface area contributed by atoms with Gasteiger partial charge in [-0.15, -0.1) is 0 Å². The fourth-order valence-corrected chi connectivity index (χ4v) is 6.41. The first kappa shape index (κ1) is 18.1. The lowest BCUT2D eigenvalue weighted by molar-refractivity contribution is 0.0958. The van der Waals surface area contributed by atoms with Gasteiger partial charge >= 0.3 is 8.80 Å². The summed E-state index contributed by atoms with van der Waals surface area (Å²) in [5.74, 6) is 0.733. The molecule has 1 aliphatic rings. The molecule has 2 unspecified atom stereocenters. The van der Waals surface area contributed by atoms with Crippen LogP contribution in [0.15, 0.2) is 0 Å². The predicted molar refractivity (Wildman–Crippen MR) is 88.5 cm³/mol. The highest BCUT2D eigenvalue weighted by Gasteiger charge is 2.42. The average molecular weight is 302 g/mol. The Morgan fingerprint density at radius 1 is 1.05 bits per heavy atom. The third-order valence-corrected chi connectivity index (χ3v) is 7.21. The molecule has 0 heterocycles. The Morgan fingerprint density at radius 2 is 1.60 bits per heavy atom. The van der Waals surface area contributed by atoms with Crippen molar-refractivity contribution in [3.63, 3.8) is 0 Å². The lowest BCUT2D eigenvalue weighted by Gasteiger charge is -2.42. The molecule has 0 spiro atoms. The Labute approximate surface area is 126 Å². The summed E-state index contributed by atoms with van der Waals surface area (Å²) in [5.41, 5.74) is -0.151. The molecule has 1 fully saturated rings. The van der Waals surface area contributed by atoms with Gasteiger partial charge in [0.25, 0.3) is 0 Å². The van der Waals surface area contributed by atoms with E-state index in [0.717, 1.165) is 19.0 Å². The minimum atomic E-state index is -2.31. The standard InChI is InChI=1S/C15H35N3OSi/c1-7-16-20(17-8-2,19-15(4,5)6)18-14-12-10-9-11-13(14)3/h13-14,16-18H,7-12H2,1-6H3. The van der Waals surface area contributed by atoms with Crippen molar-refractivity contribution in [2.45, 2.75) is 78.9 Å². The van der Waals surface area contributed by atoms with E-state index >= 15 is 0 Å². The van der Waals surface area contributed by atoms with Crippen LogP contribution in [0.2, 0.25) is 0 Å². The van der Waals surface area contributed by atoms with E-state index < -0.39 is 8.80 Å². The van der Waals surface area contributed by atoms with Gasteiger partial charge in [0.15, 0.2) is 0 Å². The van der Waals surface area contributed by atoms with Crippen LogP contribution < -0.4 is 14.9 Å². The molecule has 2 atom stereocenters. The summed E-state index contributed by atoms with van der Waals surface area (Å²) in [6.07, 6.45) is 5.30. The number of nitrogens with one attached hydrogen (secondary N) is 3. The highest BCUT2D eigenvalue weighted by molar-refractivity contribution is 6.66. The average Bonchev–Trinajstić information content (AvgIpc) is 2.30. The molecule has 1 rings (SSSR count). The molecular weight excluding hydrogens is 266 g/mol. The van der Waals surface area contributed by atoms with Gasteiger partial charge in [0, 0.05) is 6.04 Å².